The van der Waals surface area contributed by atoms with Gasteiger partial charge in [-0.15, -0.1) is 0 Å². The molecular formula is C17H16F4N2O4. The number of phenols is 2. The molecule has 4 N–H and O–H groups in total. The molecule has 0 aromatic heterocycles. The first-order valence-electron chi connectivity index (χ1n) is 7.70. The highest BCUT2D eigenvalue weighted by Crippen LogP contribution is 2.25. The minimum atomic E-state index is -1.18. The number of hydrogen-bond donors (Lipinski definition) is 4. The molecule has 0 bridgehead atoms. The molecule has 0 radical (unpaired) electrons. The van der Waals surface area contributed by atoms with Gasteiger partial charge in [0.05, 0.1) is 0 Å². The van der Waals surface area contributed by atoms with Crippen LogP contribution in [-0.2, 0) is 17.9 Å². The minimum Gasteiger partial charge on any atom is -0.503 e. The van der Waals surface area contributed by atoms with Crippen molar-refractivity contribution in [3.05, 3.63) is 58.7 Å². The number of amides is 1. The standard InChI is InChI=1S/C17H16F4N2O4/c18-11-3-9(4-12(19)16(11)25)7-23(2-1-15(24)22-27)8-10-5-13(20)17(26)14(21)6-10/h3-6,25-27H,1-2,7-8H2,(H,22,24). The predicted octanol–water partition coefficient (Wildman–Crippen LogP) is 2.55. The number of carbonyl (C=O) groups excluding carboxylic acids is 1. The molecule has 1 amide bonds. The van der Waals surface area contributed by atoms with Crippen molar-refractivity contribution in [3.63, 3.8) is 0 Å². The van der Waals surface area contributed by atoms with E-state index in [1.54, 1.807) is 0 Å². The van der Waals surface area contributed by atoms with Gasteiger partial charge in [-0.3, -0.25) is 14.9 Å². The molecule has 0 aliphatic carbocycles. The monoisotopic (exact) mass is 388 g/mol. The average Bonchev–Trinajstić information content (AvgIpc) is 2.61. The minimum absolute atomic E-state index is 0.0272. The van der Waals surface area contributed by atoms with E-state index in [9.17, 15) is 22.4 Å². The molecule has 0 fully saturated rings. The zero-order chi connectivity index (χ0) is 20.1. The van der Waals surface area contributed by atoms with Crippen LogP contribution in [0, 0.1) is 23.3 Å². The molecule has 6 nitrogen and oxygen atoms in total. The van der Waals surface area contributed by atoms with Crippen LogP contribution in [0.4, 0.5) is 17.6 Å². The fourth-order valence-electron chi connectivity index (χ4n) is 2.46. The summed E-state index contributed by atoms with van der Waals surface area (Å²) in [5, 5.41) is 26.8. The Labute approximate surface area is 151 Å². The van der Waals surface area contributed by atoms with Crippen molar-refractivity contribution in [2.75, 3.05) is 6.54 Å². The predicted molar refractivity (Wildman–Crippen MR) is 84.7 cm³/mol. The summed E-state index contributed by atoms with van der Waals surface area (Å²) in [5.74, 6) is -7.72. The van der Waals surface area contributed by atoms with Crippen molar-refractivity contribution >= 4 is 5.91 Å². The van der Waals surface area contributed by atoms with Gasteiger partial charge in [-0.2, -0.15) is 0 Å². The molecule has 10 heteroatoms. The first-order valence-corrected chi connectivity index (χ1v) is 7.70. The molecule has 0 saturated carbocycles. The first kappa shape index (κ1) is 20.5. The van der Waals surface area contributed by atoms with E-state index in [0.717, 1.165) is 24.3 Å². The Bertz CT molecular complexity index is 742. The van der Waals surface area contributed by atoms with Gasteiger partial charge >= 0.3 is 0 Å². The van der Waals surface area contributed by atoms with Crippen LogP contribution in [-0.4, -0.2) is 32.8 Å². The van der Waals surface area contributed by atoms with E-state index in [1.807, 2.05) is 0 Å². The van der Waals surface area contributed by atoms with Crippen molar-refractivity contribution in [3.8, 4) is 11.5 Å². The Balaban J connectivity index is 2.24. The first-order chi connectivity index (χ1) is 12.7. The summed E-state index contributed by atoms with van der Waals surface area (Å²) in [6.45, 7) is -0.283. The molecule has 0 unspecified atom stereocenters. The zero-order valence-corrected chi connectivity index (χ0v) is 13.8. The van der Waals surface area contributed by atoms with Gasteiger partial charge in [0.15, 0.2) is 34.8 Å². The van der Waals surface area contributed by atoms with Crippen LogP contribution in [0.3, 0.4) is 0 Å². The number of carbonyl (C=O) groups is 1. The maximum absolute atomic E-state index is 13.5. The SMILES string of the molecule is O=C(CCN(Cc1cc(F)c(O)c(F)c1)Cc1cc(F)c(O)c(F)c1)NO. The van der Waals surface area contributed by atoms with Crippen LogP contribution in [0.5, 0.6) is 11.5 Å². The van der Waals surface area contributed by atoms with Crippen LogP contribution in [0.15, 0.2) is 24.3 Å². The van der Waals surface area contributed by atoms with Gasteiger partial charge < -0.3 is 10.2 Å². The van der Waals surface area contributed by atoms with E-state index < -0.39 is 40.7 Å². The van der Waals surface area contributed by atoms with Crippen LogP contribution in [0.25, 0.3) is 0 Å². The van der Waals surface area contributed by atoms with Crippen molar-refractivity contribution in [2.45, 2.75) is 19.5 Å². The summed E-state index contributed by atoms with van der Waals surface area (Å²) in [6.07, 6.45) is -0.206. The largest absolute Gasteiger partial charge is 0.503 e. The third-order valence-corrected chi connectivity index (χ3v) is 3.75. The fourth-order valence-corrected chi connectivity index (χ4v) is 2.46. The molecule has 0 aliphatic heterocycles. The smallest absolute Gasteiger partial charge is 0.244 e. The number of benzene rings is 2. The Morgan fingerprint density at radius 1 is 0.852 bits per heavy atom. The number of phenolic OH excluding ortho intramolecular Hbond substituents is 2. The number of aromatic hydroxyl groups is 2. The molecule has 0 spiro atoms. The average molecular weight is 388 g/mol. The topological polar surface area (TPSA) is 93.0 Å². The lowest BCUT2D eigenvalue weighted by atomic mass is 10.1. The normalized spacial score (nSPS) is 11.0. The van der Waals surface area contributed by atoms with Gasteiger partial charge in [-0.1, -0.05) is 0 Å². The van der Waals surface area contributed by atoms with Gasteiger partial charge in [0.1, 0.15) is 0 Å². The van der Waals surface area contributed by atoms with Gasteiger partial charge in [-0.25, -0.2) is 23.0 Å². The molecule has 2 rings (SSSR count). The van der Waals surface area contributed by atoms with Crippen molar-refractivity contribution < 1.29 is 37.8 Å². The second kappa shape index (κ2) is 8.69. The molecular weight excluding hydrogens is 372 g/mol. The molecule has 146 valence electrons. The number of nitrogens with zero attached hydrogens (tertiary/aromatic N) is 1. The summed E-state index contributed by atoms with van der Waals surface area (Å²) in [6, 6.07) is 3.54. The third kappa shape index (κ3) is 5.31. The highest BCUT2D eigenvalue weighted by molar-refractivity contribution is 5.74. The highest BCUT2D eigenvalue weighted by atomic mass is 19.1. The van der Waals surface area contributed by atoms with Gasteiger partial charge in [0, 0.05) is 26.1 Å². The molecule has 0 atom stereocenters. The lowest BCUT2D eigenvalue weighted by molar-refractivity contribution is -0.129. The molecule has 2 aromatic carbocycles. The van der Waals surface area contributed by atoms with Crippen LogP contribution >= 0.6 is 0 Å². The van der Waals surface area contributed by atoms with E-state index in [0.29, 0.717) is 0 Å². The number of hydroxylamine groups is 1. The van der Waals surface area contributed by atoms with E-state index >= 15 is 0 Å². The summed E-state index contributed by atoms with van der Waals surface area (Å²) < 4.78 is 54.0. The molecule has 27 heavy (non-hydrogen) atoms. The van der Waals surface area contributed by atoms with Crippen LogP contribution < -0.4 is 5.48 Å². The summed E-state index contributed by atoms with van der Waals surface area (Å²) in [7, 11) is 0. The molecule has 2 aromatic rings. The van der Waals surface area contributed by atoms with Crippen LogP contribution in [0.1, 0.15) is 17.5 Å². The van der Waals surface area contributed by atoms with Gasteiger partial charge in [0.25, 0.3) is 0 Å². The highest BCUT2D eigenvalue weighted by Gasteiger charge is 2.16. The van der Waals surface area contributed by atoms with E-state index in [4.69, 9.17) is 15.4 Å². The fraction of sp³-hybridized carbons (Fsp3) is 0.235. The van der Waals surface area contributed by atoms with Gasteiger partial charge in [0.2, 0.25) is 5.91 Å². The Kier molecular flexibility index (Phi) is 6.59. The zero-order valence-electron chi connectivity index (χ0n) is 13.8. The Morgan fingerprint density at radius 3 is 1.56 bits per heavy atom. The lowest BCUT2D eigenvalue weighted by Crippen LogP contribution is -2.29. The van der Waals surface area contributed by atoms with Crippen LogP contribution in [0.2, 0.25) is 0 Å². The number of nitrogens with one attached hydrogen (secondary N) is 1. The summed E-state index contributed by atoms with van der Waals surface area (Å²) >= 11 is 0. The summed E-state index contributed by atoms with van der Waals surface area (Å²) in [5.41, 5.74) is 1.64. The van der Waals surface area contributed by atoms with Crippen molar-refractivity contribution in [1.82, 2.24) is 10.4 Å². The Morgan fingerprint density at radius 2 is 1.22 bits per heavy atom. The molecule has 0 aliphatic rings. The number of rotatable bonds is 7. The quantitative estimate of drug-likeness (QED) is 0.332. The molecule has 0 heterocycles. The third-order valence-electron chi connectivity index (χ3n) is 3.75. The maximum Gasteiger partial charge on any atom is 0.244 e. The number of hydrogen-bond acceptors (Lipinski definition) is 5. The van der Waals surface area contributed by atoms with E-state index in [1.165, 1.54) is 10.4 Å². The van der Waals surface area contributed by atoms with Crippen molar-refractivity contribution in [1.29, 1.82) is 0 Å². The Hall–Kier alpha value is -2.85. The maximum atomic E-state index is 13.5. The van der Waals surface area contributed by atoms with Gasteiger partial charge in [-0.05, 0) is 35.4 Å². The molecule has 0 saturated heterocycles. The second-order valence-corrected chi connectivity index (χ2v) is 5.81. The van der Waals surface area contributed by atoms with Crippen molar-refractivity contribution in [2.24, 2.45) is 0 Å². The van der Waals surface area contributed by atoms with E-state index in [2.05, 4.69) is 0 Å². The summed E-state index contributed by atoms with van der Waals surface area (Å²) in [4.78, 5) is 12.7. The van der Waals surface area contributed by atoms with E-state index in [-0.39, 0.29) is 37.2 Å². The number of halogens is 4. The lowest BCUT2D eigenvalue weighted by Gasteiger charge is -2.22. The second-order valence-electron chi connectivity index (χ2n) is 5.81.